The first-order chi connectivity index (χ1) is 6.65. The number of benzene rings is 1. The molecule has 0 saturated heterocycles. The van der Waals surface area contributed by atoms with Crippen LogP contribution < -0.4 is 0 Å². The van der Waals surface area contributed by atoms with Gasteiger partial charge in [-0.2, -0.15) is 0 Å². The van der Waals surface area contributed by atoms with Crippen molar-refractivity contribution in [3.05, 3.63) is 36.1 Å². The van der Waals surface area contributed by atoms with E-state index < -0.39 is 5.60 Å². The number of hydrogen-bond donors (Lipinski definition) is 1. The van der Waals surface area contributed by atoms with E-state index in [1.165, 1.54) is 0 Å². The lowest BCUT2D eigenvalue weighted by Gasteiger charge is -2.19. The van der Waals surface area contributed by atoms with E-state index in [0.29, 0.717) is 6.42 Å². The Kier molecular flexibility index (Phi) is 2.08. The molecule has 2 nitrogen and oxygen atoms in total. The minimum atomic E-state index is -0.799. The van der Waals surface area contributed by atoms with Gasteiger partial charge >= 0.3 is 0 Å². The van der Waals surface area contributed by atoms with Crippen LogP contribution in [0.3, 0.4) is 0 Å². The number of aliphatic hydroxyl groups is 1. The molecule has 0 radical (unpaired) electrons. The molecule has 0 aliphatic heterocycles. The molecule has 0 saturated carbocycles. The van der Waals surface area contributed by atoms with Gasteiger partial charge in [0.2, 0.25) is 0 Å². The summed E-state index contributed by atoms with van der Waals surface area (Å²) >= 11 is 0. The van der Waals surface area contributed by atoms with Gasteiger partial charge in [-0.05, 0) is 19.4 Å². The molecule has 14 heavy (non-hydrogen) atoms. The number of furan rings is 1. The summed E-state index contributed by atoms with van der Waals surface area (Å²) in [5, 5.41) is 11.1. The molecule has 1 aromatic heterocycles. The first-order valence-corrected chi connectivity index (χ1v) is 4.84. The molecule has 74 valence electrons. The lowest BCUT2D eigenvalue weighted by atomic mass is 9.93. The summed E-state index contributed by atoms with van der Waals surface area (Å²) in [6.07, 6.45) is 2.32. The molecule has 0 amide bonds. The highest BCUT2D eigenvalue weighted by Gasteiger charge is 2.24. The first kappa shape index (κ1) is 9.28. The highest BCUT2D eigenvalue weighted by Crippen LogP contribution is 2.32. The van der Waals surface area contributed by atoms with Crippen molar-refractivity contribution in [2.75, 3.05) is 0 Å². The fourth-order valence-electron chi connectivity index (χ4n) is 1.59. The van der Waals surface area contributed by atoms with E-state index in [1.54, 1.807) is 6.26 Å². The fraction of sp³-hybridized carbons (Fsp3) is 0.333. The normalized spacial score (nSPS) is 15.6. The van der Waals surface area contributed by atoms with E-state index in [1.807, 2.05) is 38.1 Å². The highest BCUT2D eigenvalue weighted by molar-refractivity contribution is 5.81. The second-order valence-corrected chi connectivity index (χ2v) is 3.77. The number of hydrogen-bond acceptors (Lipinski definition) is 2. The Balaban J connectivity index is 2.64. The lowest BCUT2D eigenvalue weighted by Crippen LogP contribution is -2.18. The maximum atomic E-state index is 10.1. The maximum Gasteiger partial charge on any atom is 0.134 e. The van der Waals surface area contributed by atoms with Crippen LogP contribution in [0.15, 0.2) is 34.9 Å². The third-order valence-electron chi connectivity index (χ3n) is 2.75. The van der Waals surface area contributed by atoms with E-state index in [9.17, 15) is 5.11 Å². The van der Waals surface area contributed by atoms with Crippen LogP contribution in [0.4, 0.5) is 0 Å². The molecule has 2 rings (SSSR count). The smallest absolute Gasteiger partial charge is 0.134 e. The van der Waals surface area contributed by atoms with E-state index >= 15 is 0 Å². The minimum Gasteiger partial charge on any atom is -0.464 e. The molecule has 0 aliphatic carbocycles. The molecule has 1 unspecified atom stereocenters. The summed E-state index contributed by atoms with van der Waals surface area (Å²) in [6, 6.07) is 7.76. The monoisotopic (exact) mass is 190 g/mol. The quantitative estimate of drug-likeness (QED) is 0.789. The molecule has 1 heterocycles. The van der Waals surface area contributed by atoms with Crippen LogP contribution in [0.2, 0.25) is 0 Å². The Hall–Kier alpha value is -1.28. The van der Waals surface area contributed by atoms with E-state index in [2.05, 4.69) is 0 Å². The van der Waals surface area contributed by atoms with Gasteiger partial charge in [-0.15, -0.1) is 0 Å². The van der Waals surface area contributed by atoms with Gasteiger partial charge in [0.05, 0.1) is 11.9 Å². The van der Waals surface area contributed by atoms with Gasteiger partial charge in [0.1, 0.15) is 5.58 Å². The van der Waals surface area contributed by atoms with Gasteiger partial charge in [-0.1, -0.05) is 25.1 Å². The summed E-state index contributed by atoms with van der Waals surface area (Å²) in [7, 11) is 0. The molecular weight excluding hydrogens is 176 g/mol. The lowest BCUT2D eigenvalue weighted by molar-refractivity contribution is 0.0538. The minimum absolute atomic E-state index is 0.677. The molecule has 1 atom stereocenters. The second-order valence-electron chi connectivity index (χ2n) is 3.77. The molecule has 0 aliphatic rings. The van der Waals surface area contributed by atoms with Crippen LogP contribution in [0.5, 0.6) is 0 Å². The van der Waals surface area contributed by atoms with Gasteiger partial charge in [-0.25, -0.2) is 0 Å². The summed E-state index contributed by atoms with van der Waals surface area (Å²) in [6.45, 7) is 3.77. The zero-order chi connectivity index (χ0) is 10.2. The van der Waals surface area contributed by atoms with Crippen molar-refractivity contribution < 1.29 is 9.52 Å². The van der Waals surface area contributed by atoms with Crippen LogP contribution in [-0.4, -0.2) is 5.11 Å². The van der Waals surface area contributed by atoms with Crippen molar-refractivity contribution in [2.24, 2.45) is 0 Å². The Labute approximate surface area is 83.2 Å². The predicted molar refractivity (Wildman–Crippen MR) is 56.1 cm³/mol. The van der Waals surface area contributed by atoms with Crippen molar-refractivity contribution in [3.63, 3.8) is 0 Å². The Morgan fingerprint density at radius 2 is 2.07 bits per heavy atom. The third-order valence-corrected chi connectivity index (χ3v) is 2.75. The predicted octanol–water partition coefficient (Wildman–Crippen LogP) is 3.05. The molecule has 2 heteroatoms. The fourth-order valence-corrected chi connectivity index (χ4v) is 1.59. The summed E-state index contributed by atoms with van der Waals surface area (Å²) in [5.41, 5.74) is 0.902. The van der Waals surface area contributed by atoms with Crippen molar-refractivity contribution in [1.82, 2.24) is 0 Å². The van der Waals surface area contributed by atoms with Crippen LogP contribution in [-0.2, 0) is 5.60 Å². The number of rotatable bonds is 2. The van der Waals surface area contributed by atoms with Crippen LogP contribution in [0.25, 0.3) is 11.0 Å². The maximum absolute atomic E-state index is 10.1. The molecule has 1 N–H and O–H groups in total. The topological polar surface area (TPSA) is 33.4 Å². The van der Waals surface area contributed by atoms with E-state index in [4.69, 9.17) is 4.42 Å². The van der Waals surface area contributed by atoms with Gasteiger partial charge < -0.3 is 9.52 Å². The summed E-state index contributed by atoms with van der Waals surface area (Å²) < 4.78 is 5.38. The van der Waals surface area contributed by atoms with E-state index in [-0.39, 0.29) is 0 Å². The zero-order valence-corrected chi connectivity index (χ0v) is 8.45. The second kappa shape index (κ2) is 3.14. The third kappa shape index (κ3) is 1.32. The largest absolute Gasteiger partial charge is 0.464 e. The average Bonchev–Trinajstić information content (AvgIpc) is 2.61. The number of para-hydroxylation sites is 1. The molecule has 0 spiro atoms. The van der Waals surface area contributed by atoms with Crippen molar-refractivity contribution in [2.45, 2.75) is 25.9 Å². The van der Waals surface area contributed by atoms with Crippen molar-refractivity contribution in [1.29, 1.82) is 0 Å². The zero-order valence-electron chi connectivity index (χ0n) is 8.45. The van der Waals surface area contributed by atoms with E-state index in [0.717, 1.165) is 16.5 Å². The molecular formula is C12H14O2. The van der Waals surface area contributed by atoms with Gasteiger partial charge in [0.15, 0.2) is 0 Å². The molecule has 0 bridgehead atoms. The van der Waals surface area contributed by atoms with Gasteiger partial charge in [0, 0.05) is 10.9 Å². The molecule has 1 aromatic carbocycles. The van der Waals surface area contributed by atoms with Gasteiger partial charge in [-0.3, -0.25) is 0 Å². The SMILES string of the molecule is CCC(C)(O)c1coc2ccccc12. The highest BCUT2D eigenvalue weighted by atomic mass is 16.3. The first-order valence-electron chi connectivity index (χ1n) is 4.84. The molecule has 0 fully saturated rings. The molecule has 2 aromatic rings. The Morgan fingerprint density at radius 3 is 2.79 bits per heavy atom. The average molecular weight is 190 g/mol. The number of fused-ring (bicyclic) bond motifs is 1. The Morgan fingerprint density at radius 1 is 1.36 bits per heavy atom. The standard InChI is InChI=1S/C12H14O2/c1-3-12(2,13)10-8-14-11-7-5-4-6-9(10)11/h4-8,13H,3H2,1-2H3. The van der Waals surface area contributed by atoms with Crippen LogP contribution in [0.1, 0.15) is 25.8 Å². The van der Waals surface area contributed by atoms with Crippen molar-refractivity contribution in [3.8, 4) is 0 Å². The van der Waals surface area contributed by atoms with Gasteiger partial charge in [0.25, 0.3) is 0 Å². The summed E-state index contributed by atoms with van der Waals surface area (Å²) in [4.78, 5) is 0. The Bertz CT molecular complexity index is 440. The summed E-state index contributed by atoms with van der Waals surface area (Å²) in [5.74, 6) is 0. The van der Waals surface area contributed by atoms with Crippen LogP contribution >= 0.6 is 0 Å². The van der Waals surface area contributed by atoms with Crippen LogP contribution in [0, 0.1) is 0 Å². The van der Waals surface area contributed by atoms with Crippen molar-refractivity contribution >= 4 is 11.0 Å².